The second-order valence-electron chi connectivity index (χ2n) is 5.60. The monoisotopic (exact) mass is 298 g/mol. The van der Waals surface area contributed by atoms with Crippen molar-refractivity contribution in [3.63, 3.8) is 0 Å². The maximum Gasteiger partial charge on any atom is 0.337 e. The number of anilines is 2. The molecule has 20 heavy (non-hydrogen) atoms. The predicted molar refractivity (Wildman–Crippen MR) is 84.6 cm³/mol. The summed E-state index contributed by atoms with van der Waals surface area (Å²) in [5.74, 6) is -0.354. The van der Waals surface area contributed by atoms with Gasteiger partial charge in [-0.3, -0.25) is 0 Å². The molecule has 0 aliphatic rings. The first kappa shape index (κ1) is 16.6. The van der Waals surface area contributed by atoms with Gasteiger partial charge in [-0.25, -0.2) is 4.79 Å². The van der Waals surface area contributed by atoms with E-state index in [0.717, 1.165) is 19.3 Å². The Morgan fingerprint density at radius 3 is 2.55 bits per heavy atom. The lowest BCUT2D eigenvalue weighted by atomic mass is 10.0. The summed E-state index contributed by atoms with van der Waals surface area (Å²) in [4.78, 5) is 11.3. The molecule has 5 heteroatoms. The number of hydrogen-bond donors (Lipinski definition) is 3. The lowest BCUT2D eigenvalue weighted by molar-refractivity contribution is 0.0698. The highest BCUT2D eigenvalue weighted by molar-refractivity contribution is 6.34. The first-order chi connectivity index (χ1) is 9.31. The fourth-order valence-electron chi connectivity index (χ4n) is 2.09. The van der Waals surface area contributed by atoms with Crippen LogP contribution in [0.25, 0.3) is 0 Å². The number of benzene rings is 1. The second kappa shape index (κ2) is 7.39. The van der Waals surface area contributed by atoms with Crippen LogP contribution in [0.3, 0.4) is 0 Å². The highest BCUT2D eigenvalue weighted by Gasteiger charge is 2.16. The van der Waals surface area contributed by atoms with E-state index in [1.165, 1.54) is 6.07 Å². The number of carbonyl (C=O) groups is 1. The number of carboxylic acid groups (broad SMARTS) is 1. The quantitative estimate of drug-likeness (QED) is 0.658. The molecule has 0 heterocycles. The van der Waals surface area contributed by atoms with E-state index in [1.54, 1.807) is 6.07 Å². The Labute approximate surface area is 125 Å². The van der Waals surface area contributed by atoms with Crippen molar-refractivity contribution in [2.75, 3.05) is 11.1 Å². The van der Waals surface area contributed by atoms with Crippen molar-refractivity contribution in [2.24, 2.45) is 5.92 Å². The maximum atomic E-state index is 11.3. The molecule has 0 fully saturated rings. The zero-order valence-corrected chi connectivity index (χ0v) is 13.0. The summed E-state index contributed by atoms with van der Waals surface area (Å²) in [6, 6.07) is 3.15. The van der Waals surface area contributed by atoms with Crippen LogP contribution in [-0.2, 0) is 0 Å². The van der Waals surface area contributed by atoms with Crippen LogP contribution in [0.15, 0.2) is 12.1 Å². The lowest BCUT2D eigenvalue weighted by Crippen LogP contribution is -2.18. The van der Waals surface area contributed by atoms with Gasteiger partial charge in [-0.15, -0.1) is 0 Å². The molecule has 1 unspecified atom stereocenters. The van der Waals surface area contributed by atoms with Crippen molar-refractivity contribution < 1.29 is 9.90 Å². The Morgan fingerprint density at radius 1 is 1.35 bits per heavy atom. The normalized spacial score (nSPS) is 12.4. The van der Waals surface area contributed by atoms with Crippen LogP contribution >= 0.6 is 11.6 Å². The number of carboxylic acids is 1. The zero-order valence-electron chi connectivity index (χ0n) is 12.2. The van der Waals surface area contributed by atoms with E-state index >= 15 is 0 Å². The molecule has 112 valence electrons. The van der Waals surface area contributed by atoms with Gasteiger partial charge in [-0.05, 0) is 31.4 Å². The molecule has 1 rings (SSSR count). The number of halogens is 1. The first-order valence-corrected chi connectivity index (χ1v) is 7.28. The van der Waals surface area contributed by atoms with Gasteiger partial charge in [-0.2, -0.15) is 0 Å². The zero-order chi connectivity index (χ0) is 15.3. The lowest BCUT2D eigenvalue weighted by Gasteiger charge is -2.19. The van der Waals surface area contributed by atoms with Crippen molar-refractivity contribution in [2.45, 2.75) is 46.1 Å². The van der Waals surface area contributed by atoms with E-state index < -0.39 is 5.97 Å². The predicted octanol–water partition coefficient (Wildman–Crippen LogP) is 4.25. The molecule has 1 aromatic carbocycles. The summed E-state index contributed by atoms with van der Waals surface area (Å²) in [7, 11) is 0. The van der Waals surface area contributed by atoms with Gasteiger partial charge in [0.05, 0.1) is 16.3 Å². The summed E-state index contributed by atoms with van der Waals surface area (Å²) in [5, 5.41) is 12.8. The molecule has 0 saturated heterocycles. The number of hydrogen-bond acceptors (Lipinski definition) is 3. The van der Waals surface area contributed by atoms with Gasteiger partial charge >= 0.3 is 5.97 Å². The fourth-order valence-corrected chi connectivity index (χ4v) is 2.38. The molecule has 1 atom stereocenters. The Morgan fingerprint density at radius 2 is 2.00 bits per heavy atom. The molecule has 0 bridgehead atoms. The van der Waals surface area contributed by atoms with E-state index in [4.69, 9.17) is 17.3 Å². The van der Waals surface area contributed by atoms with Crippen molar-refractivity contribution in [3.05, 3.63) is 22.7 Å². The third-order valence-electron chi connectivity index (χ3n) is 3.15. The van der Waals surface area contributed by atoms with E-state index in [9.17, 15) is 9.90 Å². The van der Waals surface area contributed by atoms with E-state index in [0.29, 0.717) is 22.3 Å². The molecule has 0 amide bonds. The van der Waals surface area contributed by atoms with Crippen LogP contribution in [0.1, 0.15) is 50.4 Å². The summed E-state index contributed by atoms with van der Waals surface area (Å²) < 4.78 is 0. The van der Waals surface area contributed by atoms with Crippen LogP contribution in [0.5, 0.6) is 0 Å². The fraction of sp³-hybridized carbons (Fsp3) is 0.533. The third kappa shape index (κ3) is 4.93. The van der Waals surface area contributed by atoms with Gasteiger partial charge in [0.1, 0.15) is 0 Å². The summed E-state index contributed by atoms with van der Waals surface area (Å²) in [5.41, 5.74) is 6.55. The number of nitrogen functional groups attached to an aromatic ring is 1. The van der Waals surface area contributed by atoms with Gasteiger partial charge in [0, 0.05) is 11.7 Å². The van der Waals surface area contributed by atoms with Crippen LogP contribution < -0.4 is 11.1 Å². The highest BCUT2D eigenvalue weighted by Crippen LogP contribution is 2.30. The van der Waals surface area contributed by atoms with Gasteiger partial charge < -0.3 is 16.2 Å². The van der Waals surface area contributed by atoms with Crippen molar-refractivity contribution >= 4 is 28.9 Å². The molecular weight excluding hydrogens is 276 g/mol. The second-order valence-corrected chi connectivity index (χ2v) is 6.01. The van der Waals surface area contributed by atoms with Crippen LogP contribution in [-0.4, -0.2) is 17.1 Å². The minimum absolute atomic E-state index is 0.116. The molecule has 4 N–H and O–H groups in total. The molecule has 1 aromatic rings. The number of nitrogens with two attached hydrogens (primary N) is 1. The first-order valence-electron chi connectivity index (χ1n) is 6.90. The number of nitrogens with one attached hydrogen (secondary N) is 1. The van der Waals surface area contributed by atoms with Crippen molar-refractivity contribution in [1.82, 2.24) is 0 Å². The molecule has 0 aliphatic carbocycles. The molecule has 0 aliphatic heterocycles. The number of aromatic carboxylic acids is 1. The van der Waals surface area contributed by atoms with E-state index in [-0.39, 0.29) is 11.6 Å². The van der Waals surface area contributed by atoms with E-state index in [1.807, 2.05) is 6.92 Å². The molecule has 0 spiro atoms. The van der Waals surface area contributed by atoms with Crippen LogP contribution in [0.4, 0.5) is 11.4 Å². The summed E-state index contributed by atoms with van der Waals surface area (Å²) in [6.45, 7) is 6.41. The Bertz CT molecular complexity index is 475. The molecule has 0 saturated carbocycles. The standard InChI is InChI=1S/C15H23ClN2O2/c1-9(2)5-4-6-10(3)18-14-12(15(19)20)7-11(17)8-13(14)16/h7-10,18H,4-6,17H2,1-3H3,(H,19,20). The van der Waals surface area contributed by atoms with Gasteiger partial charge in [0.15, 0.2) is 0 Å². The summed E-state index contributed by atoms with van der Waals surface area (Å²) in [6.07, 6.45) is 3.23. The third-order valence-corrected chi connectivity index (χ3v) is 3.45. The number of rotatable bonds is 7. The molecule has 4 nitrogen and oxygen atoms in total. The highest BCUT2D eigenvalue weighted by atomic mass is 35.5. The smallest absolute Gasteiger partial charge is 0.337 e. The average Bonchev–Trinajstić information content (AvgIpc) is 2.31. The SMILES string of the molecule is CC(C)CCCC(C)Nc1c(Cl)cc(N)cc1C(=O)O. The Kier molecular flexibility index (Phi) is 6.14. The summed E-state index contributed by atoms with van der Waals surface area (Å²) >= 11 is 6.10. The average molecular weight is 299 g/mol. The van der Waals surface area contributed by atoms with Crippen molar-refractivity contribution in [1.29, 1.82) is 0 Å². The van der Waals surface area contributed by atoms with Crippen LogP contribution in [0.2, 0.25) is 5.02 Å². The van der Waals surface area contributed by atoms with Crippen LogP contribution in [0, 0.1) is 5.92 Å². The topological polar surface area (TPSA) is 75.3 Å². The maximum absolute atomic E-state index is 11.3. The molecule has 0 aromatic heterocycles. The van der Waals surface area contributed by atoms with Crippen molar-refractivity contribution in [3.8, 4) is 0 Å². The van der Waals surface area contributed by atoms with Gasteiger partial charge in [-0.1, -0.05) is 38.3 Å². The minimum Gasteiger partial charge on any atom is -0.478 e. The molecule has 0 radical (unpaired) electrons. The Balaban J connectivity index is 2.78. The van der Waals surface area contributed by atoms with Gasteiger partial charge in [0.25, 0.3) is 0 Å². The minimum atomic E-state index is -1.03. The van der Waals surface area contributed by atoms with Gasteiger partial charge in [0.2, 0.25) is 0 Å². The molecular formula is C15H23ClN2O2. The largest absolute Gasteiger partial charge is 0.478 e. The van der Waals surface area contributed by atoms with E-state index in [2.05, 4.69) is 19.2 Å². The Hall–Kier alpha value is -1.42.